The van der Waals surface area contributed by atoms with Crippen molar-refractivity contribution in [3.8, 4) is 0 Å². The molecule has 1 atom stereocenters. The molecule has 10 heavy (non-hydrogen) atoms. The molecule has 0 amide bonds. The molecule has 0 aromatic heterocycles. The van der Waals surface area contributed by atoms with Crippen LogP contribution in [0, 0.1) is 6.92 Å². The Morgan fingerprint density at radius 2 is 1.90 bits per heavy atom. The van der Waals surface area contributed by atoms with Gasteiger partial charge in [0.25, 0.3) is 0 Å². The lowest BCUT2D eigenvalue weighted by atomic mass is 10.4. The normalized spacial score (nSPS) is 13.5. The molecule has 0 saturated carbocycles. The molecule has 0 N–H and O–H groups in total. The Hall–Kier alpha value is -0.120. The van der Waals surface area contributed by atoms with Gasteiger partial charge in [0.15, 0.2) is 0 Å². The van der Waals surface area contributed by atoms with Gasteiger partial charge >= 0.3 is 0 Å². The highest BCUT2D eigenvalue weighted by Crippen LogP contribution is 1.89. The van der Waals surface area contributed by atoms with Gasteiger partial charge in [-0.2, -0.15) is 0 Å². The van der Waals surface area contributed by atoms with Crippen LogP contribution >= 0.6 is 0 Å². The highest BCUT2D eigenvalue weighted by Gasteiger charge is 1.98. The van der Waals surface area contributed by atoms with Gasteiger partial charge in [0, 0.05) is 14.2 Å². The van der Waals surface area contributed by atoms with Crippen molar-refractivity contribution in [2.45, 2.75) is 6.10 Å². The fraction of sp³-hybridized carbons (Fsp3) is 0.857. The summed E-state index contributed by atoms with van der Waals surface area (Å²) in [4.78, 5) is 0. The predicted octanol–water partition coefficient (Wildman–Crippen LogP) is 0.498. The summed E-state index contributed by atoms with van der Waals surface area (Å²) in [6.45, 7) is 5.41. The lowest BCUT2D eigenvalue weighted by molar-refractivity contribution is 0.000426. The molecule has 0 rings (SSSR count). The maximum Gasteiger partial charge on any atom is 0.0810 e. The standard InChI is InChI=1S/C7H15O3/c1-7(6-9-3)10-5-4-8-2/h7H,1,4-6H2,2-3H3. The van der Waals surface area contributed by atoms with E-state index < -0.39 is 0 Å². The molecule has 0 spiro atoms. The smallest absolute Gasteiger partial charge is 0.0810 e. The van der Waals surface area contributed by atoms with E-state index in [2.05, 4.69) is 6.92 Å². The largest absolute Gasteiger partial charge is 0.382 e. The Kier molecular flexibility index (Phi) is 6.91. The first-order chi connectivity index (χ1) is 4.81. The van der Waals surface area contributed by atoms with Crippen LogP contribution in [0.2, 0.25) is 0 Å². The van der Waals surface area contributed by atoms with Gasteiger partial charge < -0.3 is 14.2 Å². The summed E-state index contributed by atoms with van der Waals surface area (Å²) in [6.07, 6.45) is -0.0832. The first-order valence-electron chi connectivity index (χ1n) is 3.23. The van der Waals surface area contributed by atoms with E-state index in [0.717, 1.165) is 0 Å². The van der Waals surface area contributed by atoms with Crippen LogP contribution in [0.4, 0.5) is 0 Å². The molecule has 0 aliphatic rings. The molecule has 0 heterocycles. The molecule has 0 aromatic rings. The third kappa shape index (κ3) is 6.01. The zero-order valence-electron chi connectivity index (χ0n) is 6.63. The van der Waals surface area contributed by atoms with E-state index in [1.54, 1.807) is 14.2 Å². The first-order valence-corrected chi connectivity index (χ1v) is 3.23. The van der Waals surface area contributed by atoms with Crippen LogP contribution in [0.15, 0.2) is 0 Å². The molecule has 61 valence electrons. The summed E-state index contributed by atoms with van der Waals surface area (Å²) in [5, 5.41) is 0. The SMILES string of the molecule is [CH2]C(COC)OCCOC. The van der Waals surface area contributed by atoms with E-state index >= 15 is 0 Å². The van der Waals surface area contributed by atoms with Gasteiger partial charge in [0.1, 0.15) is 0 Å². The van der Waals surface area contributed by atoms with E-state index in [9.17, 15) is 0 Å². The van der Waals surface area contributed by atoms with Crippen LogP contribution in [0.25, 0.3) is 0 Å². The lowest BCUT2D eigenvalue weighted by Crippen LogP contribution is -2.17. The molecule has 3 heteroatoms. The summed E-state index contributed by atoms with van der Waals surface area (Å²) >= 11 is 0. The van der Waals surface area contributed by atoms with Crippen molar-refractivity contribution in [2.24, 2.45) is 0 Å². The van der Waals surface area contributed by atoms with E-state index in [1.807, 2.05) is 0 Å². The Bertz CT molecular complexity index is 65.9. The molecular weight excluding hydrogens is 132 g/mol. The summed E-state index contributed by atoms with van der Waals surface area (Å²) in [5.74, 6) is 0. The molecule has 3 nitrogen and oxygen atoms in total. The number of hydrogen-bond donors (Lipinski definition) is 0. The van der Waals surface area contributed by atoms with Crippen LogP contribution in [0.3, 0.4) is 0 Å². The second kappa shape index (κ2) is 6.99. The Morgan fingerprint density at radius 3 is 2.40 bits per heavy atom. The topological polar surface area (TPSA) is 27.7 Å². The quantitative estimate of drug-likeness (QED) is 0.512. The maximum absolute atomic E-state index is 5.16. The fourth-order valence-electron chi connectivity index (χ4n) is 0.532. The number of methoxy groups -OCH3 is 2. The molecule has 0 aliphatic carbocycles. The number of hydrogen-bond acceptors (Lipinski definition) is 3. The second-order valence-electron chi connectivity index (χ2n) is 1.94. The fourth-order valence-corrected chi connectivity index (χ4v) is 0.532. The van der Waals surface area contributed by atoms with Gasteiger partial charge in [0.2, 0.25) is 0 Å². The summed E-state index contributed by atoms with van der Waals surface area (Å²) in [7, 11) is 3.26. The molecule has 0 bridgehead atoms. The molecule has 1 radical (unpaired) electrons. The van der Waals surface area contributed by atoms with Crippen molar-refractivity contribution in [1.82, 2.24) is 0 Å². The minimum Gasteiger partial charge on any atom is -0.382 e. The van der Waals surface area contributed by atoms with E-state index in [0.29, 0.717) is 19.8 Å². The Morgan fingerprint density at radius 1 is 1.20 bits per heavy atom. The molecule has 0 aromatic carbocycles. The third-order valence-electron chi connectivity index (χ3n) is 0.994. The van der Waals surface area contributed by atoms with Crippen molar-refractivity contribution in [2.75, 3.05) is 34.0 Å². The first kappa shape index (κ1) is 9.88. The average molecular weight is 147 g/mol. The Labute approximate surface area is 62.3 Å². The van der Waals surface area contributed by atoms with Gasteiger partial charge in [-0.25, -0.2) is 0 Å². The summed E-state index contributed by atoms with van der Waals surface area (Å²) in [5.41, 5.74) is 0. The zero-order valence-corrected chi connectivity index (χ0v) is 6.63. The number of rotatable bonds is 6. The van der Waals surface area contributed by atoms with Gasteiger partial charge in [0.05, 0.1) is 25.9 Å². The van der Waals surface area contributed by atoms with Gasteiger partial charge in [-0.05, 0) is 6.92 Å². The zero-order chi connectivity index (χ0) is 7.82. The third-order valence-corrected chi connectivity index (χ3v) is 0.994. The van der Waals surface area contributed by atoms with Crippen molar-refractivity contribution in [3.63, 3.8) is 0 Å². The highest BCUT2D eigenvalue weighted by atomic mass is 16.5. The average Bonchev–Trinajstić information content (AvgIpc) is 1.89. The highest BCUT2D eigenvalue weighted by molar-refractivity contribution is 4.56. The van der Waals surface area contributed by atoms with Gasteiger partial charge in [-0.3, -0.25) is 0 Å². The summed E-state index contributed by atoms with van der Waals surface area (Å²) in [6, 6.07) is 0. The number of ether oxygens (including phenoxy) is 3. The van der Waals surface area contributed by atoms with Crippen LogP contribution in [-0.4, -0.2) is 40.1 Å². The van der Waals surface area contributed by atoms with Crippen molar-refractivity contribution in [1.29, 1.82) is 0 Å². The van der Waals surface area contributed by atoms with E-state index in [4.69, 9.17) is 14.2 Å². The molecular formula is C7H15O3. The molecule has 1 unspecified atom stereocenters. The van der Waals surface area contributed by atoms with E-state index in [1.165, 1.54) is 0 Å². The van der Waals surface area contributed by atoms with E-state index in [-0.39, 0.29) is 6.10 Å². The van der Waals surface area contributed by atoms with Crippen molar-refractivity contribution < 1.29 is 14.2 Å². The summed E-state index contributed by atoms with van der Waals surface area (Å²) < 4.78 is 14.7. The molecule has 0 aliphatic heterocycles. The minimum atomic E-state index is -0.0832. The Balaban J connectivity index is 2.97. The minimum absolute atomic E-state index is 0.0832. The predicted molar refractivity (Wildman–Crippen MR) is 38.8 cm³/mol. The monoisotopic (exact) mass is 147 g/mol. The lowest BCUT2D eigenvalue weighted by Gasteiger charge is -2.10. The maximum atomic E-state index is 5.16. The molecule has 0 fully saturated rings. The van der Waals surface area contributed by atoms with Gasteiger partial charge in [-0.1, -0.05) is 0 Å². The van der Waals surface area contributed by atoms with Gasteiger partial charge in [-0.15, -0.1) is 0 Å². The van der Waals surface area contributed by atoms with Crippen LogP contribution in [0.5, 0.6) is 0 Å². The molecule has 0 saturated heterocycles. The second-order valence-corrected chi connectivity index (χ2v) is 1.94. The van der Waals surface area contributed by atoms with Crippen molar-refractivity contribution in [3.05, 3.63) is 6.92 Å². The van der Waals surface area contributed by atoms with Crippen LogP contribution < -0.4 is 0 Å². The van der Waals surface area contributed by atoms with Crippen LogP contribution in [0.1, 0.15) is 0 Å². The van der Waals surface area contributed by atoms with Crippen molar-refractivity contribution >= 4 is 0 Å². The van der Waals surface area contributed by atoms with Crippen LogP contribution in [-0.2, 0) is 14.2 Å².